The molecule has 2 rings (SSSR count). The number of likely N-dealkylation sites (tertiary alicyclic amines) is 1. The Bertz CT molecular complexity index is 532. The smallest absolute Gasteiger partial charge is 0.328 e. The fraction of sp³-hybridized carbons (Fsp3) is 0.333. The number of nitrogens with two attached hydrogens (primary N) is 1. The van der Waals surface area contributed by atoms with Gasteiger partial charge in [-0.15, -0.1) is 0 Å². The number of carboxylic acid groups (broad SMARTS) is 1. The molecule has 1 aliphatic rings. The van der Waals surface area contributed by atoms with Crippen LogP contribution in [0.5, 0.6) is 0 Å². The summed E-state index contributed by atoms with van der Waals surface area (Å²) in [5, 5.41) is 11.4. The zero-order chi connectivity index (χ0) is 15.2. The highest BCUT2D eigenvalue weighted by atomic mass is 16.4. The van der Waals surface area contributed by atoms with Crippen LogP contribution in [-0.4, -0.2) is 41.1 Å². The van der Waals surface area contributed by atoms with Crippen molar-refractivity contribution in [3.05, 3.63) is 35.9 Å². The normalized spacial score (nSPS) is 16.1. The summed E-state index contributed by atoms with van der Waals surface area (Å²) in [4.78, 5) is 24.2. The van der Waals surface area contributed by atoms with Crippen molar-refractivity contribution in [2.75, 3.05) is 18.4 Å². The molecule has 112 valence electrons. The lowest BCUT2D eigenvalue weighted by Gasteiger charge is -2.30. The van der Waals surface area contributed by atoms with Gasteiger partial charge in [-0.2, -0.15) is 0 Å². The predicted octanol–water partition coefficient (Wildman–Crippen LogP) is 1.74. The van der Waals surface area contributed by atoms with Gasteiger partial charge in [-0.3, -0.25) is 0 Å². The summed E-state index contributed by atoms with van der Waals surface area (Å²) in [6, 6.07) is 7.05. The Labute approximate surface area is 123 Å². The standard InChI is InChI=1S/C15H19N3O3/c16-12-7-9-18(10-8-12)15(21)17-13-4-1-11(2-5-13)3-6-14(19)20/h1-6,12H,7-10,16H2,(H,17,21)(H,19,20). The van der Waals surface area contributed by atoms with E-state index in [1.165, 1.54) is 6.08 Å². The molecule has 4 N–H and O–H groups in total. The lowest BCUT2D eigenvalue weighted by Crippen LogP contribution is -2.44. The molecule has 1 aromatic carbocycles. The molecule has 0 aromatic heterocycles. The summed E-state index contributed by atoms with van der Waals surface area (Å²) in [6.07, 6.45) is 4.23. The molecule has 0 radical (unpaired) electrons. The van der Waals surface area contributed by atoms with Gasteiger partial charge in [0.2, 0.25) is 0 Å². The number of nitrogens with one attached hydrogen (secondary N) is 1. The van der Waals surface area contributed by atoms with Crippen LogP contribution in [0.25, 0.3) is 6.08 Å². The summed E-state index contributed by atoms with van der Waals surface area (Å²) in [6.45, 7) is 1.35. The largest absolute Gasteiger partial charge is 0.478 e. The summed E-state index contributed by atoms with van der Waals surface area (Å²) < 4.78 is 0. The number of carbonyl (C=O) groups is 2. The van der Waals surface area contributed by atoms with Gasteiger partial charge in [0.05, 0.1) is 0 Å². The van der Waals surface area contributed by atoms with Gasteiger partial charge in [0.25, 0.3) is 0 Å². The number of piperidine rings is 1. The fourth-order valence-electron chi connectivity index (χ4n) is 2.15. The first-order chi connectivity index (χ1) is 10.0. The fourth-order valence-corrected chi connectivity index (χ4v) is 2.15. The van der Waals surface area contributed by atoms with Crippen molar-refractivity contribution in [2.24, 2.45) is 5.73 Å². The molecule has 6 heteroatoms. The third kappa shape index (κ3) is 4.61. The van der Waals surface area contributed by atoms with Crippen molar-refractivity contribution in [2.45, 2.75) is 18.9 Å². The molecule has 1 saturated heterocycles. The third-order valence-electron chi connectivity index (χ3n) is 3.41. The summed E-state index contributed by atoms with van der Waals surface area (Å²) in [7, 11) is 0. The minimum absolute atomic E-state index is 0.129. The highest BCUT2D eigenvalue weighted by molar-refractivity contribution is 5.89. The second-order valence-electron chi connectivity index (χ2n) is 5.05. The van der Waals surface area contributed by atoms with Crippen LogP contribution in [0.4, 0.5) is 10.5 Å². The average molecular weight is 289 g/mol. The number of rotatable bonds is 3. The van der Waals surface area contributed by atoms with E-state index in [2.05, 4.69) is 5.32 Å². The van der Waals surface area contributed by atoms with E-state index in [1.807, 2.05) is 0 Å². The number of hydrogen-bond acceptors (Lipinski definition) is 3. The number of carboxylic acids is 1. The van der Waals surface area contributed by atoms with Crippen LogP contribution in [0.15, 0.2) is 30.3 Å². The molecule has 0 bridgehead atoms. The molecule has 2 amide bonds. The second-order valence-corrected chi connectivity index (χ2v) is 5.05. The molecule has 21 heavy (non-hydrogen) atoms. The van der Waals surface area contributed by atoms with Gasteiger partial charge in [0.15, 0.2) is 0 Å². The van der Waals surface area contributed by atoms with Gasteiger partial charge in [-0.05, 0) is 36.6 Å². The lowest BCUT2D eigenvalue weighted by atomic mass is 10.1. The van der Waals surface area contributed by atoms with Gasteiger partial charge < -0.3 is 21.1 Å². The number of carbonyl (C=O) groups excluding carboxylic acids is 1. The molecular weight excluding hydrogens is 270 g/mol. The van der Waals surface area contributed by atoms with Crippen LogP contribution >= 0.6 is 0 Å². The highest BCUT2D eigenvalue weighted by Gasteiger charge is 2.20. The topological polar surface area (TPSA) is 95.7 Å². The van der Waals surface area contributed by atoms with E-state index in [0.717, 1.165) is 24.5 Å². The van der Waals surface area contributed by atoms with E-state index < -0.39 is 5.97 Å². The quantitative estimate of drug-likeness (QED) is 0.738. The first kappa shape index (κ1) is 15.1. The van der Waals surface area contributed by atoms with Crippen LogP contribution < -0.4 is 11.1 Å². The van der Waals surface area contributed by atoms with Gasteiger partial charge in [-0.1, -0.05) is 12.1 Å². The first-order valence-electron chi connectivity index (χ1n) is 6.87. The van der Waals surface area contributed by atoms with Crippen LogP contribution in [0.3, 0.4) is 0 Å². The third-order valence-corrected chi connectivity index (χ3v) is 3.41. The molecule has 6 nitrogen and oxygen atoms in total. The number of aliphatic carboxylic acids is 1. The van der Waals surface area contributed by atoms with Gasteiger partial charge >= 0.3 is 12.0 Å². The van der Waals surface area contributed by atoms with Crippen molar-refractivity contribution in [1.82, 2.24) is 4.90 Å². The van der Waals surface area contributed by atoms with E-state index in [4.69, 9.17) is 10.8 Å². The molecule has 0 atom stereocenters. The Morgan fingerprint density at radius 3 is 2.43 bits per heavy atom. The number of nitrogens with zero attached hydrogens (tertiary/aromatic N) is 1. The molecule has 0 aliphatic carbocycles. The van der Waals surface area contributed by atoms with E-state index in [1.54, 1.807) is 29.2 Å². The van der Waals surface area contributed by atoms with E-state index >= 15 is 0 Å². The van der Waals surface area contributed by atoms with Crippen LogP contribution in [0.2, 0.25) is 0 Å². The predicted molar refractivity (Wildman–Crippen MR) is 80.9 cm³/mol. The number of urea groups is 1. The minimum atomic E-state index is -0.990. The van der Waals surface area contributed by atoms with Crippen molar-refractivity contribution < 1.29 is 14.7 Å². The monoisotopic (exact) mass is 289 g/mol. The maximum atomic E-state index is 12.1. The zero-order valence-corrected chi connectivity index (χ0v) is 11.7. The van der Waals surface area contributed by atoms with Crippen molar-refractivity contribution in [3.63, 3.8) is 0 Å². The molecule has 0 unspecified atom stereocenters. The van der Waals surface area contributed by atoms with E-state index in [9.17, 15) is 9.59 Å². The molecule has 1 heterocycles. The summed E-state index contributed by atoms with van der Waals surface area (Å²) in [5.74, 6) is -0.990. The van der Waals surface area contributed by atoms with E-state index in [-0.39, 0.29) is 12.1 Å². The number of benzene rings is 1. The molecule has 1 aromatic rings. The molecule has 1 aliphatic heterocycles. The number of hydrogen-bond donors (Lipinski definition) is 3. The van der Waals surface area contributed by atoms with Crippen LogP contribution in [0.1, 0.15) is 18.4 Å². The first-order valence-corrected chi connectivity index (χ1v) is 6.87. The molecule has 0 spiro atoms. The second kappa shape index (κ2) is 6.90. The number of anilines is 1. The Morgan fingerprint density at radius 1 is 1.24 bits per heavy atom. The molecular formula is C15H19N3O3. The Morgan fingerprint density at radius 2 is 1.86 bits per heavy atom. The van der Waals surface area contributed by atoms with Crippen molar-refractivity contribution in [1.29, 1.82) is 0 Å². The summed E-state index contributed by atoms with van der Waals surface area (Å²) >= 11 is 0. The van der Waals surface area contributed by atoms with Crippen molar-refractivity contribution in [3.8, 4) is 0 Å². The van der Waals surface area contributed by atoms with Gasteiger partial charge in [0, 0.05) is 30.9 Å². The maximum absolute atomic E-state index is 12.1. The Kier molecular flexibility index (Phi) is 4.94. The van der Waals surface area contributed by atoms with Gasteiger partial charge in [0.1, 0.15) is 0 Å². The average Bonchev–Trinajstić information content (AvgIpc) is 2.47. The SMILES string of the molecule is NC1CCN(C(=O)Nc2ccc(C=CC(=O)O)cc2)CC1. The van der Waals surface area contributed by atoms with E-state index in [0.29, 0.717) is 18.8 Å². The zero-order valence-electron chi connectivity index (χ0n) is 11.7. The maximum Gasteiger partial charge on any atom is 0.328 e. The lowest BCUT2D eigenvalue weighted by molar-refractivity contribution is -0.131. The molecule has 0 saturated carbocycles. The summed E-state index contributed by atoms with van der Waals surface area (Å²) in [5.41, 5.74) is 7.26. The highest BCUT2D eigenvalue weighted by Crippen LogP contribution is 2.14. The van der Waals surface area contributed by atoms with Gasteiger partial charge in [-0.25, -0.2) is 9.59 Å². The van der Waals surface area contributed by atoms with Crippen LogP contribution in [-0.2, 0) is 4.79 Å². The van der Waals surface area contributed by atoms with Crippen LogP contribution in [0, 0.1) is 0 Å². The van der Waals surface area contributed by atoms with Crippen molar-refractivity contribution >= 4 is 23.8 Å². The Hall–Kier alpha value is -2.34. The number of amides is 2. The Balaban J connectivity index is 1.91. The minimum Gasteiger partial charge on any atom is -0.478 e. The molecule has 1 fully saturated rings.